The number of rotatable bonds is 2. The zero-order chi connectivity index (χ0) is 13.3. The fourth-order valence-corrected chi connectivity index (χ4v) is 2.40. The van der Waals surface area contributed by atoms with E-state index in [1.54, 1.807) is 0 Å². The van der Waals surface area contributed by atoms with Crippen molar-refractivity contribution in [3.8, 4) is 0 Å². The second-order valence-corrected chi connectivity index (χ2v) is 4.39. The van der Waals surface area contributed by atoms with Crippen molar-refractivity contribution < 1.29 is 9.59 Å². The van der Waals surface area contributed by atoms with Crippen LogP contribution in [0, 0.1) is 0 Å². The van der Waals surface area contributed by atoms with Crippen LogP contribution in [-0.4, -0.2) is 11.9 Å². The Hall–Kier alpha value is -2.19. The average Bonchev–Trinajstić information content (AvgIpc) is 2.76. The number of nitrogens with one attached hydrogen (secondary N) is 2. The average molecular weight is 286 g/mol. The van der Waals surface area contributed by atoms with Gasteiger partial charge in [0.1, 0.15) is 0 Å². The van der Waals surface area contributed by atoms with Crippen molar-refractivity contribution in [2.45, 2.75) is 5.54 Å². The molecule has 1 fully saturated rings. The van der Waals surface area contributed by atoms with E-state index in [0.29, 0.717) is 0 Å². The molecule has 2 aromatic carbocycles. The molecule has 2 N–H and O–H groups in total. The fraction of sp³-hybridized carbons (Fsp3) is 0.0667. The first-order valence-corrected chi connectivity index (χ1v) is 5.98. The number of carbonyl (C=O) groups excluding carboxylic acids is 2. The Morgan fingerprint density at radius 2 is 1.20 bits per heavy atom. The molecule has 3 rings (SSSR count). The van der Waals surface area contributed by atoms with Crippen LogP contribution < -0.4 is 10.6 Å². The second-order valence-electron chi connectivity index (χ2n) is 4.39. The topological polar surface area (TPSA) is 58.2 Å². The molecule has 1 unspecified atom stereocenters. The van der Waals surface area contributed by atoms with E-state index in [-0.39, 0.29) is 15.8 Å². The summed E-state index contributed by atoms with van der Waals surface area (Å²) in [4.78, 5) is 23.9. The number of benzene rings is 2. The summed E-state index contributed by atoms with van der Waals surface area (Å²) in [6.07, 6.45) is 0. The third-order valence-corrected chi connectivity index (χ3v) is 3.28. The highest BCUT2D eigenvalue weighted by Crippen LogP contribution is 2.32. The van der Waals surface area contributed by atoms with Gasteiger partial charge < -0.3 is 5.32 Å². The van der Waals surface area contributed by atoms with Gasteiger partial charge in [-0.05, 0) is 11.1 Å². The van der Waals surface area contributed by atoms with Gasteiger partial charge in [-0.3, -0.25) is 10.1 Å². The van der Waals surface area contributed by atoms with Crippen molar-refractivity contribution in [2.75, 3.05) is 0 Å². The first kappa shape index (κ1) is 14.2. The number of amides is 3. The summed E-state index contributed by atoms with van der Waals surface area (Å²) in [5.74, 6) is -0.352. The van der Waals surface area contributed by atoms with Crippen LogP contribution in [0.4, 0.5) is 4.79 Å². The van der Waals surface area contributed by atoms with Crippen LogP contribution in [0.25, 0.3) is 0 Å². The van der Waals surface area contributed by atoms with Gasteiger partial charge in [-0.15, -0.1) is 0 Å². The number of carbonyl (C=O) groups is 2. The maximum atomic E-state index is 12.3. The molecular weight excluding hydrogens is 271 g/mol. The third kappa shape index (κ3) is 2.08. The quantitative estimate of drug-likeness (QED) is 0.653. The Balaban J connectivity index is 0.00000147. The van der Waals surface area contributed by atoms with Crippen LogP contribution in [-0.2, 0) is 10.3 Å². The van der Waals surface area contributed by atoms with E-state index in [0.717, 1.165) is 11.1 Å². The Kier molecular flexibility index (Phi) is 3.86. The zero-order valence-electron chi connectivity index (χ0n) is 10.8. The minimum absolute atomic E-state index is 0. The van der Waals surface area contributed by atoms with E-state index in [1.165, 1.54) is 0 Å². The Bertz CT molecular complexity index is 589. The van der Waals surface area contributed by atoms with Crippen LogP contribution in [0.2, 0.25) is 0 Å². The number of hydrogen-bond acceptors (Lipinski definition) is 2. The number of urea groups is 1. The predicted molar refractivity (Wildman–Crippen MR) is 81.4 cm³/mol. The Morgan fingerprint density at radius 3 is 1.55 bits per heavy atom. The van der Waals surface area contributed by atoms with Gasteiger partial charge in [0.2, 0.25) is 0 Å². The van der Waals surface area contributed by atoms with Gasteiger partial charge in [-0.2, -0.15) is 9.90 Å². The largest absolute Gasteiger partial charge is 0.322 e. The van der Waals surface area contributed by atoms with Gasteiger partial charge in [0, 0.05) is 0 Å². The summed E-state index contributed by atoms with van der Waals surface area (Å²) in [6.45, 7) is 0. The molecule has 0 saturated carbocycles. The Morgan fingerprint density at radius 1 is 0.750 bits per heavy atom. The summed E-state index contributed by atoms with van der Waals surface area (Å²) in [7, 11) is 0. The maximum absolute atomic E-state index is 12.3. The van der Waals surface area contributed by atoms with Crippen molar-refractivity contribution >= 4 is 21.8 Å². The summed E-state index contributed by atoms with van der Waals surface area (Å²) in [6, 6.07) is 18.0. The minimum Gasteiger partial charge on any atom is -0.316 e. The molecule has 5 heteroatoms. The lowest BCUT2D eigenvalue weighted by Crippen LogP contribution is -2.44. The number of imide groups is 1. The van der Waals surface area contributed by atoms with Gasteiger partial charge in [0.05, 0.1) is 0 Å². The minimum atomic E-state index is -1.14. The predicted octanol–water partition coefficient (Wildman–Crippen LogP) is 1.83. The third-order valence-electron chi connectivity index (χ3n) is 3.28. The fourth-order valence-electron chi connectivity index (χ4n) is 2.40. The molecule has 1 atom stereocenters. The molecule has 1 heterocycles. The highest BCUT2D eigenvalue weighted by molar-refractivity contribution is 6.92. The summed E-state index contributed by atoms with van der Waals surface area (Å²) >= 11 is 0. The van der Waals surface area contributed by atoms with Crippen molar-refractivity contribution in [3.63, 3.8) is 0 Å². The molecule has 0 radical (unpaired) electrons. The van der Waals surface area contributed by atoms with Crippen LogP contribution >= 0.6 is 9.90 Å². The molecule has 4 nitrogen and oxygen atoms in total. The molecule has 0 aliphatic carbocycles. The molecule has 2 aromatic rings. The van der Waals surface area contributed by atoms with Crippen LogP contribution in [0.5, 0.6) is 0 Å². The summed E-state index contributed by atoms with van der Waals surface area (Å²) < 4.78 is 0. The van der Waals surface area contributed by atoms with Gasteiger partial charge in [-0.1, -0.05) is 60.7 Å². The van der Waals surface area contributed by atoms with Crippen molar-refractivity contribution in [1.82, 2.24) is 10.6 Å². The smallest absolute Gasteiger partial charge is 0.316 e. The molecule has 3 amide bonds. The highest BCUT2D eigenvalue weighted by Gasteiger charge is 2.48. The molecular formula is C15H15N2O2P. The monoisotopic (exact) mass is 286 g/mol. The van der Waals surface area contributed by atoms with E-state index in [2.05, 4.69) is 10.6 Å². The normalized spacial score (nSPS) is 16.0. The lowest BCUT2D eigenvalue weighted by Gasteiger charge is -2.27. The molecule has 1 aliphatic heterocycles. The molecule has 20 heavy (non-hydrogen) atoms. The maximum Gasteiger partial charge on any atom is 0.322 e. The van der Waals surface area contributed by atoms with Crippen molar-refractivity contribution in [2.24, 2.45) is 0 Å². The number of hydrogen-bond donors (Lipinski definition) is 2. The van der Waals surface area contributed by atoms with Gasteiger partial charge in [-0.25, -0.2) is 4.79 Å². The Labute approximate surface area is 120 Å². The molecule has 1 aliphatic rings. The first-order valence-electron chi connectivity index (χ1n) is 5.98. The van der Waals surface area contributed by atoms with E-state index >= 15 is 0 Å². The van der Waals surface area contributed by atoms with Crippen molar-refractivity contribution in [3.05, 3.63) is 71.8 Å². The van der Waals surface area contributed by atoms with Gasteiger partial charge in [0.15, 0.2) is 5.54 Å². The lowest BCUT2D eigenvalue weighted by molar-refractivity contribution is -0.122. The molecule has 102 valence electrons. The zero-order valence-corrected chi connectivity index (χ0v) is 12.2. The van der Waals surface area contributed by atoms with E-state index < -0.39 is 11.6 Å². The van der Waals surface area contributed by atoms with Crippen LogP contribution in [0.3, 0.4) is 0 Å². The van der Waals surface area contributed by atoms with Crippen LogP contribution in [0.1, 0.15) is 11.1 Å². The standard InChI is InChI=1S/C15H12N2O2.H3P/c18-13-15(17-14(19)16-13,11-7-3-1-4-8-11)12-9-5-2-6-10-12;/h1-10H,(H2,16,17,18,19);1H3. The molecule has 0 aromatic heterocycles. The van der Waals surface area contributed by atoms with Gasteiger partial charge >= 0.3 is 6.03 Å². The molecule has 0 bridgehead atoms. The summed E-state index contributed by atoms with van der Waals surface area (Å²) in [5, 5.41) is 5.07. The van der Waals surface area contributed by atoms with E-state index in [9.17, 15) is 9.59 Å². The van der Waals surface area contributed by atoms with E-state index in [4.69, 9.17) is 0 Å². The van der Waals surface area contributed by atoms with Gasteiger partial charge in [0.25, 0.3) is 5.91 Å². The molecule has 0 spiro atoms. The lowest BCUT2D eigenvalue weighted by atomic mass is 9.83. The second kappa shape index (κ2) is 5.43. The molecule has 1 saturated heterocycles. The van der Waals surface area contributed by atoms with E-state index in [1.807, 2.05) is 60.7 Å². The SMILES string of the molecule is O=C1NC(=O)C(c2ccccc2)(c2ccccc2)N1.P. The van der Waals surface area contributed by atoms with Crippen molar-refractivity contribution in [1.29, 1.82) is 0 Å². The van der Waals surface area contributed by atoms with Crippen LogP contribution in [0.15, 0.2) is 60.7 Å². The summed E-state index contributed by atoms with van der Waals surface area (Å²) in [5.41, 5.74) is 0.341. The highest BCUT2D eigenvalue weighted by atomic mass is 31.0. The first-order chi connectivity index (χ1) is 9.23.